The minimum absolute atomic E-state index is 0.125. The Hall–Kier alpha value is -4.83. The maximum Gasteiger partial charge on any atom is 0.410 e. The summed E-state index contributed by atoms with van der Waals surface area (Å²) in [4.78, 5) is 16.2. The molecule has 0 aromatic heterocycles. The zero-order chi connectivity index (χ0) is 38.5. The standard InChI is InChI=1S/C47H53NO6Si/c1-5-31-50-44-42(36-54-55(47(2,3)4,40-27-17-9-18-28-40)41-29-19-10-20-30-41)48(46(49)53-35-39-25-15-8-16-26-39)32-43(51-33-37-21-11-6-12-22-37)45(44)52-34-38-23-13-7-14-24-38/h5-30,42-45H,1,31-36H2,2-4H3/t42-,43+,44-,45-/m1/s1. The predicted molar refractivity (Wildman–Crippen MR) is 221 cm³/mol. The fourth-order valence-corrected chi connectivity index (χ4v) is 12.1. The number of hydrogen-bond donors (Lipinski definition) is 0. The van der Waals surface area contributed by atoms with Crippen LogP contribution in [0.2, 0.25) is 5.04 Å². The first-order valence-corrected chi connectivity index (χ1v) is 21.0. The molecular formula is C47H53NO6Si. The van der Waals surface area contributed by atoms with Crippen molar-refractivity contribution < 1.29 is 28.2 Å². The zero-order valence-electron chi connectivity index (χ0n) is 32.2. The average Bonchev–Trinajstić information content (AvgIpc) is 3.22. The van der Waals surface area contributed by atoms with Crippen LogP contribution < -0.4 is 10.4 Å². The molecular weight excluding hydrogens is 703 g/mol. The Bertz CT molecular complexity index is 1850. The molecule has 7 nitrogen and oxygen atoms in total. The van der Waals surface area contributed by atoms with E-state index in [0.717, 1.165) is 27.1 Å². The lowest BCUT2D eigenvalue weighted by atomic mass is 9.93. The van der Waals surface area contributed by atoms with Gasteiger partial charge in [-0.25, -0.2) is 4.79 Å². The number of hydrogen-bond acceptors (Lipinski definition) is 6. The van der Waals surface area contributed by atoms with Gasteiger partial charge in [-0.2, -0.15) is 0 Å². The molecule has 0 spiro atoms. The largest absolute Gasteiger partial charge is 0.445 e. The van der Waals surface area contributed by atoms with E-state index >= 15 is 0 Å². The molecule has 0 saturated carbocycles. The number of carbonyl (C=O) groups excluding carboxylic acids is 1. The highest BCUT2D eigenvalue weighted by molar-refractivity contribution is 6.99. The number of benzene rings is 5. The normalized spacial score (nSPS) is 18.8. The average molecular weight is 756 g/mol. The summed E-state index contributed by atoms with van der Waals surface area (Å²) < 4.78 is 33.8. The summed E-state index contributed by atoms with van der Waals surface area (Å²) in [5.74, 6) is 0. The van der Waals surface area contributed by atoms with Crippen LogP contribution in [0.4, 0.5) is 4.79 Å². The molecule has 4 atom stereocenters. The van der Waals surface area contributed by atoms with Crippen LogP contribution in [0.1, 0.15) is 37.5 Å². The molecule has 0 N–H and O–H groups in total. The molecule has 6 rings (SSSR count). The van der Waals surface area contributed by atoms with Gasteiger partial charge in [-0.1, -0.05) is 179 Å². The van der Waals surface area contributed by atoms with Crippen molar-refractivity contribution in [2.75, 3.05) is 19.8 Å². The van der Waals surface area contributed by atoms with Gasteiger partial charge < -0.3 is 23.4 Å². The Morgan fingerprint density at radius 3 is 1.58 bits per heavy atom. The monoisotopic (exact) mass is 755 g/mol. The van der Waals surface area contributed by atoms with E-state index in [4.69, 9.17) is 23.4 Å². The van der Waals surface area contributed by atoms with Gasteiger partial charge in [0.15, 0.2) is 0 Å². The SMILES string of the molecule is C=CCO[C@H]1[C@H](OCc2ccccc2)[C@@H](OCc2ccccc2)CN(C(=O)OCc2ccccc2)[C@@H]1CO[Si](c1ccccc1)(c1ccccc1)C(C)(C)C. The molecule has 0 radical (unpaired) electrons. The van der Waals surface area contributed by atoms with Gasteiger partial charge in [0.2, 0.25) is 0 Å². The van der Waals surface area contributed by atoms with Crippen LogP contribution in [0.25, 0.3) is 0 Å². The van der Waals surface area contributed by atoms with E-state index in [9.17, 15) is 4.79 Å². The van der Waals surface area contributed by atoms with Gasteiger partial charge in [0, 0.05) is 0 Å². The Labute approximate surface area is 327 Å². The van der Waals surface area contributed by atoms with Gasteiger partial charge in [0.25, 0.3) is 8.32 Å². The van der Waals surface area contributed by atoms with Crippen LogP contribution >= 0.6 is 0 Å². The topological polar surface area (TPSA) is 66.5 Å². The maximum atomic E-state index is 14.5. The van der Waals surface area contributed by atoms with E-state index in [1.165, 1.54) is 0 Å². The maximum absolute atomic E-state index is 14.5. The summed E-state index contributed by atoms with van der Waals surface area (Å²) >= 11 is 0. The molecule has 1 amide bonds. The first kappa shape index (κ1) is 39.8. The van der Waals surface area contributed by atoms with Crippen molar-refractivity contribution in [1.29, 1.82) is 0 Å². The molecule has 5 aromatic rings. The van der Waals surface area contributed by atoms with Crippen molar-refractivity contribution in [2.24, 2.45) is 0 Å². The third-order valence-electron chi connectivity index (χ3n) is 10.2. The van der Waals surface area contributed by atoms with Crippen LogP contribution in [0.15, 0.2) is 164 Å². The molecule has 1 fully saturated rings. The van der Waals surface area contributed by atoms with E-state index in [2.05, 4.69) is 75.9 Å². The Balaban J connectivity index is 1.41. The van der Waals surface area contributed by atoms with Gasteiger partial charge in [-0.05, 0) is 32.1 Å². The Kier molecular flexibility index (Phi) is 13.9. The van der Waals surface area contributed by atoms with Gasteiger partial charge in [-0.3, -0.25) is 4.90 Å². The molecule has 0 bridgehead atoms. The molecule has 0 unspecified atom stereocenters. The fraction of sp³-hybridized carbons (Fsp3) is 0.298. The van der Waals surface area contributed by atoms with Crippen LogP contribution in [-0.4, -0.2) is 63.4 Å². The van der Waals surface area contributed by atoms with Gasteiger partial charge in [0.05, 0.1) is 39.0 Å². The highest BCUT2D eigenvalue weighted by atomic mass is 28.4. The van der Waals surface area contributed by atoms with Crippen LogP contribution in [0.3, 0.4) is 0 Å². The number of carbonyl (C=O) groups is 1. The quantitative estimate of drug-likeness (QED) is 0.0746. The summed E-state index contributed by atoms with van der Waals surface area (Å²) in [6.45, 7) is 12.1. The van der Waals surface area contributed by atoms with Crippen LogP contribution in [0.5, 0.6) is 0 Å². The number of likely N-dealkylation sites (tertiary alicyclic amines) is 1. The number of amides is 1. The minimum Gasteiger partial charge on any atom is -0.445 e. The molecule has 1 heterocycles. The summed E-state index contributed by atoms with van der Waals surface area (Å²) in [6.07, 6.45) is -0.511. The molecule has 0 aliphatic carbocycles. The molecule has 5 aromatic carbocycles. The van der Waals surface area contributed by atoms with Gasteiger partial charge in [-0.15, -0.1) is 6.58 Å². The Morgan fingerprint density at radius 2 is 1.11 bits per heavy atom. The van der Waals surface area contributed by atoms with E-state index < -0.39 is 38.8 Å². The van der Waals surface area contributed by atoms with E-state index in [-0.39, 0.29) is 31.4 Å². The summed E-state index contributed by atoms with van der Waals surface area (Å²) in [5, 5.41) is 2.00. The third-order valence-corrected chi connectivity index (χ3v) is 15.2. The lowest BCUT2D eigenvalue weighted by Crippen LogP contribution is -2.70. The fourth-order valence-electron chi connectivity index (χ4n) is 7.49. The van der Waals surface area contributed by atoms with Crippen molar-refractivity contribution in [3.05, 3.63) is 181 Å². The van der Waals surface area contributed by atoms with Crippen molar-refractivity contribution in [2.45, 2.75) is 70.0 Å². The highest BCUT2D eigenvalue weighted by Crippen LogP contribution is 2.38. The lowest BCUT2D eigenvalue weighted by Gasteiger charge is -2.50. The Morgan fingerprint density at radius 1 is 0.655 bits per heavy atom. The van der Waals surface area contributed by atoms with Gasteiger partial charge >= 0.3 is 6.09 Å². The molecule has 1 aliphatic rings. The molecule has 8 heteroatoms. The third kappa shape index (κ3) is 9.89. The van der Waals surface area contributed by atoms with Crippen molar-refractivity contribution in [3.8, 4) is 0 Å². The zero-order valence-corrected chi connectivity index (χ0v) is 33.2. The predicted octanol–water partition coefficient (Wildman–Crippen LogP) is 8.33. The number of piperidine rings is 1. The number of nitrogens with zero attached hydrogens (tertiary/aromatic N) is 1. The van der Waals surface area contributed by atoms with Gasteiger partial charge in [0.1, 0.15) is 24.9 Å². The molecule has 286 valence electrons. The second kappa shape index (κ2) is 19.2. The van der Waals surface area contributed by atoms with E-state index in [0.29, 0.717) is 13.2 Å². The van der Waals surface area contributed by atoms with Crippen LogP contribution in [0, 0.1) is 0 Å². The van der Waals surface area contributed by atoms with Crippen molar-refractivity contribution in [3.63, 3.8) is 0 Å². The lowest BCUT2D eigenvalue weighted by molar-refractivity contribution is -0.196. The summed E-state index contributed by atoms with van der Waals surface area (Å²) in [7, 11) is -3.03. The minimum atomic E-state index is -3.03. The molecule has 1 aliphatic heterocycles. The summed E-state index contributed by atoms with van der Waals surface area (Å²) in [6, 6.07) is 50.2. The van der Waals surface area contributed by atoms with Crippen molar-refractivity contribution >= 4 is 24.8 Å². The summed E-state index contributed by atoms with van der Waals surface area (Å²) in [5.41, 5.74) is 2.94. The second-order valence-electron chi connectivity index (χ2n) is 14.9. The highest BCUT2D eigenvalue weighted by Gasteiger charge is 2.53. The number of rotatable bonds is 16. The first-order valence-electron chi connectivity index (χ1n) is 19.1. The first-order chi connectivity index (χ1) is 26.8. The molecule has 1 saturated heterocycles. The van der Waals surface area contributed by atoms with E-state index in [1.807, 2.05) is 103 Å². The van der Waals surface area contributed by atoms with Crippen LogP contribution in [-0.2, 0) is 43.2 Å². The number of ether oxygens (including phenoxy) is 4. The molecule has 55 heavy (non-hydrogen) atoms. The van der Waals surface area contributed by atoms with Crippen molar-refractivity contribution in [1.82, 2.24) is 4.90 Å². The van der Waals surface area contributed by atoms with E-state index in [1.54, 1.807) is 11.0 Å². The second-order valence-corrected chi connectivity index (χ2v) is 19.2. The smallest absolute Gasteiger partial charge is 0.410 e.